The smallest absolute Gasteiger partial charge is 0.236 e. The van der Waals surface area contributed by atoms with Crippen LogP contribution in [0.1, 0.15) is 17.0 Å². The minimum Gasteiger partial charge on any atom is -0.496 e. The fourth-order valence-electron chi connectivity index (χ4n) is 3.35. The van der Waals surface area contributed by atoms with Crippen molar-refractivity contribution in [2.24, 2.45) is 0 Å². The van der Waals surface area contributed by atoms with Gasteiger partial charge in [0.05, 0.1) is 7.11 Å². The van der Waals surface area contributed by atoms with Crippen molar-refractivity contribution in [3.63, 3.8) is 0 Å². The Balaban J connectivity index is 1.88. The van der Waals surface area contributed by atoms with Crippen molar-refractivity contribution in [1.29, 1.82) is 0 Å². The lowest BCUT2D eigenvalue weighted by molar-refractivity contribution is 0.416. The Morgan fingerprint density at radius 2 is 1.70 bits per heavy atom. The number of para-hydroxylation sites is 1. The van der Waals surface area contributed by atoms with Gasteiger partial charge in [0.15, 0.2) is 0 Å². The SMILES string of the molecule is COc1ccccc1-c1nc2nc(C)cc(C)n2c1NCc1ccccc1. The predicted molar refractivity (Wildman–Crippen MR) is 108 cm³/mol. The highest BCUT2D eigenvalue weighted by molar-refractivity contribution is 5.80. The zero-order valence-electron chi connectivity index (χ0n) is 15.7. The van der Waals surface area contributed by atoms with Crippen LogP contribution in [0.2, 0.25) is 0 Å². The maximum Gasteiger partial charge on any atom is 0.236 e. The number of nitrogens with one attached hydrogen (secondary N) is 1. The van der Waals surface area contributed by atoms with E-state index in [9.17, 15) is 0 Å². The molecule has 0 aliphatic rings. The first-order chi connectivity index (χ1) is 13.2. The van der Waals surface area contributed by atoms with E-state index in [1.807, 2.05) is 49.4 Å². The number of hydrogen-bond donors (Lipinski definition) is 1. The molecule has 0 saturated heterocycles. The van der Waals surface area contributed by atoms with Crippen LogP contribution < -0.4 is 10.1 Å². The summed E-state index contributed by atoms with van der Waals surface area (Å²) in [5.74, 6) is 2.39. The Morgan fingerprint density at radius 3 is 2.48 bits per heavy atom. The molecule has 5 heteroatoms. The summed E-state index contributed by atoms with van der Waals surface area (Å²) in [6.07, 6.45) is 0. The Kier molecular flexibility index (Phi) is 4.50. The van der Waals surface area contributed by atoms with Crippen molar-refractivity contribution in [3.8, 4) is 17.0 Å². The summed E-state index contributed by atoms with van der Waals surface area (Å²) in [7, 11) is 1.68. The molecule has 2 aromatic heterocycles. The Hall–Kier alpha value is -3.34. The van der Waals surface area contributed by atoms with Crippen molar-refractivity contribution in [2.45, 2.75) is 20.4 Å². The number of methoxy groups -OCH3 is 1. The zero-order chi connectivity index (χ0) is 18.8. The Bertz CT molecular complexity index is 1090. The van der Waals surface area contributed by atoms with Crippen molar-refractivity contribution in [2.75, 3.05) is 12.4 Å². The monoisotopic (exact) mass is 358 g/mol. The number of aryl methyl sites for hydroxylation is 2. The third-order valence-electron chi connectivity index (χ3n) is 4.57. The van der Waals surface area contributed by atoms with E-state index in [1.54, 1.807) is 7.11 Å². The maximum absolute atomic E-state index is 5.57. The average Bonchev–Trinajstić information content (AvgIpc) is 3.05. The topological polar surface area (TPSA) is 51.5 Å². The van der Waals surface area contributed by atoms with Gasteiger partial charge in [-0.05, 0) is 37.6 Å². The highest BCUT2D eigenvalue weighted by atomic mass is 16.5. The first kappa shape index (κ1) is 17.1. The first-order valence-electron chi connectivity index (χ1n) is 8.95. The second kappa shape index (κ2) is 7.11. The lowest BCUT2D eigenvalue weighted by Gasteiger charge is -2.12. The Morgan fingerprint density at radius 1 is 0.963 bits per heavy atom. The number of imidazole rings is 1. The Labute approximate surface area is 158 Å². The normalized spacial score (nSPS) is 10.9. The van der Waals surface area contributed by atoms with Crippen LogP contribution in [0.3, 0.4) is 0 Å². The number of hydrogen-bond acceptors (Lipinski definition) is 4. The molecule has 136 valence electrons. The molecule has 2 aromatic carbocycles. The van der Waals surface area contributed by atoms with Crippen LogP contribution in [-0.4, -0.2) is 21.5 Å². The highest BCUT2D eigenvalue weighted by Gasteiger charge is 2.19. The molecule has 0 atom stereocenters. The third kappa shape index (κ3) is 3.24. The number of fused-ring (bicyclic) bond motifs is 1. The standard InChI is InChI=1S/C22H22N4O/c1-15-13-16(2)26-21(23-14-17-9-5-4-6-10-17)20(25-22(26)24-15)18-11-7-8-12-19(18)27-3/h4-13,23H,14H2,1-3H3. The van der Waals surface area contributed by atoms with Crippen molar-refractivity contribution in [1.82, 2.24) is 14.4 Å². The van der Waals surface area contributed by atoms with Gasteiger partial charge in [-0.2, -0.15) is 0 Å². The number of benzene rings is 2. The lowest BCUT2D eigenvalue weighted by Crippen LogP contribution is -2.06. The van der Waals surface area contributed by atoms with Gasteiger partial charge in [0.25, 0.3) is 0 Å². The van der Waals surface area contributed by atoms with Crippen LogP contribution in [-0.2, 0) is 6.54 Å². The molecule has 0 fully saturated rings. The minimum absolute atomic E-state index is 0.684. The molecular weight excluding hydrogens is 336 g/mol. The van der Waals surface area contributed by atoms with Crippen molar-refractivity contribution >= 4 is 11.6 Å². The van der Waals surface area contributed by atoms with Crippen LogP contribution in [0.4, 0.5) is 5.82 Å². The molecule has 0 unspecified atom stereocenters. The summed E-state index contributed by atoms with van der Waals surface area (Å²) in [4.78, 5) is 9.46. The molecule has 4 aromatic rings. The summed E-state index contributed by atoms with van der Waals surface area (Å²) < 4.78 is 7.64. The van der Waals surface area contributed by atoms with Gasteiger partial charge in [0, 0.05) is 23.5 Å². The summed E-state index contributed by atoms with van der Waals surface area (Å²) in [6.45, 7) is 4.76. The summed E-state index contributed by atoms with van der Waals surface area (Å²) in [5, 5.41) is 3.57. The quantitative estimate of drug-likeness (QED) is 0.565. The van der Waals surface area contributed by atoms with Gasteiger partial charge in [0.1, 0.15) is 17.3 Å². The molecular formula is C22H22N4O. The molecule has 27 heavy (non-hydrogen) atoms. The third-order valence-corrected chi connectivity index (χ3v) is 4.57. The summed E-state index contributed by atoms with van der Waals surface area (Å²) in [5.41, 5.74) is 5.02. The van der Waals surface area contributed by atoms with Crippen LogP contribution in [0, 0.1) is 13.8 Å². The number of ether oxygens (including phenoxy) is 1. The second-order valence-electron chi connectivity index (χ2n) is 6.52. The van der Waals surface area contributed by atoms with E-state index in [0.717, 1.165) is 34.2 Å². The van der Waals surface area contributed by atoms with E-state index in [4.69, 9.17) is 9.72 Å². The van der Waals surface area contributed by atoms with E-state index in [0.29, 0.717) is 12.3 Å². The van der Waals surface area contributed by atoms with Gasteiger partial charge in [-0.25, -0.2) is 9.97 Å². The number of anilines is 1. The minimum atomic E-state index is 0.684. The van der Waals surface area contributed by atoms with Crippen LogP contribution in [0.15, 0.2) is 60.7 Å². The number of aromatic nitrogens is 3. The molecule has 0 aliphatic carbocycles. The molecule has 1 N–H and O–H groups in total. The molecule has 4 rings (SSSR count). The van der Waals surface area contributed by atoms with E-state index < -0.39 is 0 Å². The van der Waals surface area contributed by atoms with E-state index in [-0.39, 0.29) is 0 Å². The molecule has 0 aliphatic heterocycles. The maximum atomic E-state index is 5.57. The van der Waals surface area contributed by atoms with Crippen LogP contribution in [0.25, 0.3) is 17.0 Å². The molecule has 0 amide bonds. The molecule has 5 nitrogen and oxygen atoms in total. The van der Waals surface area contributed by atoms with Crippen LogP contribution in [0.5, 0.6) is 5.75 Å². The van der Waals surface area contributed by atoms with Gasteiger partial charge in [-0.15, -0.1) is 0 Å². The fourth-order valence-corrected chi connectivity index (χ4v) is 3.35. The average molecular weight is 358 g/mol. The lowest BCUT2D eigenvalue weighted by atomic mass is 10.1. The van der Waals surface area contributed by atoms with Gasteiger partial charge in [-0.1, -0.05) is 42.5 Å². The van der Waals surface area contributed by atoms with Gasteiger partial charge in [-0.3, -0.25) is 4.40 Å². The molecule has 0 radical (unpaired) electrons. The van der Waals surface area contributed by atoms with Crippen LogP contribution >= 0.6 is 0 Å². The predicted octanol–water partition coefficient (Wildman–Crippen LogP) is 4.63. The highest BCUT2D eigenvalue weighted by Crippen LogP contribution is 2.35. The first-order valence-corrected chi connectivity index (χ1v) is 8.95. The number of nitrogens with zero attached hydrogens (tertiary/aromatic N) is 3. The van der Waals surface area contributed by atoms with E-state index >= 15 is 0 Å². The largest absolute Gasteiger partial charge is 0.496 e. The van der Waals surface area contributed by atoms with Gasteiger partial charge >= 0.3 is 0 Å². The van der Waals surface area contributed by atoms with E-state index in [2.05, 4.69) is 39.8 Å². The van der Waals surface area contributed by atoms with Gasteiger partial charge < -0.3 is 10.1 Å². The van der Waals surface area contributed by atoms with Gasteiger partial charge in [0.2, 0.25) is 5.78 Å². The fraction of sp³-hybridized carbons (Fsp3) is 0.182. The molecule has 2 heterocycles. The van der Waals surface area contributed by atoms with Crippen molar-refractivity contribution < 1.29 is 4.74 Å². The van der Waals surface area contributed by atoms with Crippen molar-refractivity contribution in [3.05, 3.63) is 77.6 Å². The summed E-state index contributed by atoms with van der Waals surface area (Å²) >= 11 is 0. The zero-order valence-corrected chi connectivity index (χ0v) is 15.7. The molecule has 0 saturated carbocycles. The number of rotatable bonds is 5. The second-order valence-corrected chi connectivity index (χ2v) is 6.52. The van der Waals surface area contributed by atoms with E-state index in [1.165, 1.54) is 5.56 Å². The summed E-state index contributed by atoms with van der Waals surface area (Å²) in [6, 6.07) is 20.3. The molecule has 0 spiro atoms. The molecule has 0 bridgehead atoms.